The Balaban J connectivity index is 2.86. The van der Waals surface area contributed by atoms with Crippen molar-refractivity contribution in [1.29, 1.82) is 0 Å². The zero-order chi connectivity index (χ0) is 13.8. The van der Waals surface area contributed by atoms with E-state index in [4.69, 9.17) is 4.74 Å². The Kier molecular flexibility index (Phi) is 5.10. The number of ether oxygens (including phenoxy) is 1. The third kappa shape index (κ3) is 3.43. The van der Waals surface area contributed by atoms with Crippen LogP contribution in [0.3, 0.4) is 0 Å². The molecular formula is C12H16BrNO4. The summed E-state index contributed by atoms with van der Waals surface area (Å²) in [4.78, 5) is 10.3. The Morgan fingerprint density at radius 2 is 2.06 bits per heavy atom. The van der Waals surface area contributed by atoms with Crippen molar-refractivity contribution in [3.8, 4) is 5.75 Å². The molecule has 18 heavy (non-hydrogen) atoms. The fraction of sp³-hybridized carbons (Fsp3) is 0.500. The van der Waals surface area contributed by atoms with E-state index in [1.165, 1.54) is 6.07 Å². The summed E-state index contributed by atoms with van der Waals surface area (Å²) < 4.78 is 5.77. The van der Waals surface area contributed by atoms with Gasteiger partial charge in [-0.15, -0.1) is 0 Å². The molecule has 0 aliphatic carbocycles. The maximum atomic E-state index is 10.8. The number of nitro benzene ring substituents is 1. The van der Waals surface area contributed by atoms with Crippen LogP contribution >= 0.6 is 15.9 Å². The van der Waals surface area contributed by atoms with E-state index in [0.29, 0.717) is 23.1 Å². The number of aliphatic hydroxyl groups is 1. The van der Waals surface area contributed by atoms with E-state index in [9.17, 15) is 15.2 Å². The van der Waals surface area contributed by atoms with Crippen molar-refractivity contribution in [2.24, 2.45) is 0 Å². The molecule has 0 atom stereocenters. The van der Waals surface area contributed by atoms with E-state index in [-0.39, 0.29) is 12.3 Å². The fourth-order valence-corrected chi connectivity index (χ4v) is 1.94. The second-order valence-corrected chi connectivity index (χ2v) is 4.86. The molecule has 0 radical (unpaired) electrons. The number of nitro groups is 1. The lowest BCUT2D eigenvalue weighted by Crippen LogP contribution is -2.34. The average molecular weight is 318 g/mol. The Labute approximate surface area is 114 Å². The van der Waals surface area contributed by atoms with Gasteiger partial charge >= 0.3 is 0 Å². The first-order valence-electron chi connectivity index (χ1n) is 5.71. The van der Waals surface area contributed by atoms with Gasteiger partial charge < -0.3 is 9.84 Å². The molecule has 1 N–H and O–H groups in total. The van der Waals surface area contributed by atoms with Crippen LogP contribution in [0.4, 0.5) is 5.69 Å². The third-order valence-electron chi connectivity index (χ3n) is 2.95. The molecular weight excluding hydrogens is 302 g/mol. The topological polar surface area (TPSA) is 72.6 Å². The number of hydrogen-bond acceptors (Lipinski definition) is 4. The van der Waals surface area contributed by atoms with E-state index in [1.54, 1.807) is 12.1 Å². The molecule has 1 rings (SSSR count). The maximum absolute atomic E-state index is 10.8. The number of nitrogens with zero attached hydrogens (tertiary/aromatic N) is 1. The molecule has 6 heteroatoms. The molecule has 0 saturated carbocycles. The highest BCUT2D eigenvalue weighted by Gasteiger charge is 2.24. The molecule has 1 aromatic rings. The quantitative estimate of drug-likeness (QED) is 0.645. The van der Waals surface area contributed by atoms with Gasteiger partial charge in [-0.3, -0.25) is 10.1 Å². The fourth-order valence-electron chi connectivity index (χ4n) is 1.42. The molecule has 0 unspecified atom stereocenters. The number of halogens is 1. The second-order valence-electron chi connectivity index (χ2n) is 4.07. The van der Waals surface area contributed by atoms with E-state index in [2.05, 4.69) is 15.9 Å². The van der Waals surface area contributed by atoms with Crippen LogP contribution in [0.1, 0.15) is 26.7 Å². The van der Waals surface area contributed by atoms with Crippen LogP contribution in [0.25, 0.3) is 0 Å². The van der Waals surface area contributed by atoms with Gasteiger partial charge in [0, 0.05) is 6.07 Å². The van der Waals surface area contributed by atoms with E-state index in [1.807, 2.05) is 13.8 Å². The van der Waals surface area contributed by atoms with Gasteiger partial charge in [-0.25, -0.2) is 0 Å². The lowest BCUT2D eigenvalue weighted by atomic mass is 9.99. The number of rotatable bonds is 6. The predicted octanol–water partition coefficient (Wildman–Crippen LogP) is 3.29. The first-order valence-corrected chi connectivity index (χ1v) is 6.51. The molecule has 0 saturated heterocycles. The van der Waals surface area contributed by atoms with Crippen LogP contribution in [0.15, 0.2) is 22.7 Å². The van der Waals surface area contributed by atoms with Crippen LogP contribution in [-0.4, -0.2) is 22.2 Å². The number of benzene rings is 1. The zero-order valence-electron chi connectivity index (χ0n) is 10.4. The minimum Gasteiger partial charge on any atom is -0.489 e. The summed E-state index contributed by atoms with van der Waals surface area (Å²) in [6.07, 6.45) is 1.13. The Bertz CT molecular complexity index is 432. The van der Waals surface area contributed by atoms with Gasteiger partial charge in [0.2, 0.25) is 0 Å². The summed E-state index contributed by atoms with van der Waals surface area (Å²) in [6, 6.07) is 4.57. The normalized spacial score (nSPS) is 11.3. The molecule has 0 fully saturated rings. The molecule has 0 spiro atoms. The van der Waals surface area contributed by atoms with Gasteiger partial charge in [0.1, 0.15) is 16.8 Å². The SMILES string of the molecule is CCC(O)(CC)COc1cccc([N+](=O)[O-])c1Br. The largest absolute Gasteiger partial charge is 0.489 e. The summed E-state index contributed by atoms with van der Waals surface area (Å²) in [5.74, 6) is 0.365. The Morgan fingerprint density at radius 3 is 2.56 bits per heavy atom. The minimum atomic E-state index is -0.899. The first kappa shape index (κ1) is 14.9. The van der Waals surface area contributed by atoms with Crippen molar-refractivity contribution in [3.63, 3.8) is 0 Å². The zero-order valence-corrected chi connectivity index (χ0v) is 11.9. The highest BCUT2D eigenvalue weighted by molar-refractivity contribution is 9.10. The van der Waals surface area contributed by atoms with Crippen molar-refractivity contribution in [2.45, 2.75) is 32.3 Å². The van der Waals surface area contributed by atoms with Gasteiger partial charge in [-0.05, 0) is 34.8 Å². The lowest BCUT2D eigenvalue weighted by molar-refractivity contribution is -0.385. The van der Waals surface area contributed by atoms with Gasteiger partial charge in [0.05, 0.1) is 10.5 Å². The standard InChI is InChI=1S/C12H16BrNO4/c1-3-12(15,4-2)8-18-10-7-5-6-9(11(10)13)14(16)17/h5-7,15H,3-4,8H2,1-2H3. The van der Waals surface area contributed by atoms with E-state index >= 15 is 0 Å². The molecule has 0 amide bonds. The van der Waals surface area contributed by atoms with Gasteiger partial charge in [-0.1, -0.05) is 19.9 Å². The lowest BCUT2D eigenvalue weighted by Gasteiger charge is -2.25. The highest BCUT2D eigenvalue weighted by Crippen LogP contribution is 2.34. The summed E-state index contributed by atoms with van der Waals surface area (Å²) in [5, 5.41) is 20.8. The second kappa shape index (κ2) is 6.15. The molecule has 5 nitrogen and oxygen atoms in total. The van der Waals surface area contributed by atoms with Gasteiger partial charge in [0.15, 0.2) is 0 Å². The molecule has 0 aliphatic heterocycles. The van der Waals surface area contributed by atoms with Crippen molar-refractivity contribution in [2.75, 3.05) is 6.61 Å². The van der Waals surface area contributed by atoms with Crippen LogP contribution in [0.5, 0.6) is 5.75 Å². The number of hydrogen-bond donors (Lipinski definition) is 1. The molecule has 0 bridgehead atoms. The highest BCUT2D eigenvalue weighted by atomic mass is 79.9. The molecule has 100 valence electrons. The molecule has 1 aromatic carbocycles. The van der Waals surface area contributed by atoms with Gasteiger partial charge in [-0.2, -0.15) is 0 Å². The van der Waals surface area contributed by atoms with Crippen LogP contribution < -0.4 is 4.74 Å². The van der Waals surface area contributed by atoms with Crippen molar-refractivity contribution >= 4 is 21.6 Å². The van der Waals surface area contributed by atoms with Crippen LogP contribution in [0.2, 0.25) is 0 Å². The summed E-state index contributed by atoms with van der Waals surface area (Å²) in [7, 11) is 0. The summed E-state index contributed by atoms with van der Waals surface area (Å²) in [5.41, 5.74) is -0.951. The average Bonchev–Trinajstić information content (AvgIpc) is 2.37. The Hall–Kier alpha value is -1.14. The van der Waals surface area contributed by atoms with Gasteiger partial charge in [0.25, 0.3) is 5.69 Å². The minimum absolute atomic E-state index is 0.0518. The van der Waals surface area contributed by atoms with Crippen molar-refractivity contribution < 1.29 is 14.8 Å². The summed E-state index contributed by atoms with van der Waals surface area (Å²) >= 11 is 3.15. The first-order chi connectivity index (χ1) is 8.43. The monoisotopic (exact) mass is 317 g/mol. The van der Waals surface area contributed by atoms with E-state index < -0.39 is 10.5 Å². The molecule has 0 heterocycles. The Morgan fingerprint density at radius 1 is 1.44 bits per heavy atom. The smallest absolute Gasteiger partial charge is 0.287 e. The maximum Gasteiger partial charge on any atom is 0.287 e. The van der Waals surface area contributed by atoms with Crippen molar-refractivity contribution in [1.82, 2.24) is 0 Å². The molecule has 0 aromatic heterocycles. The summed E-state index contributed by atoms with van der Waals surface area (Å²) in [6.45, 7) is 3.85. The van der Waals surface area contributed by atoms with Crippen LogP contribution in [-0.2, 0) is 0 Å². The predicted molar refractivity (Wildman–Crippen MR) is 71.8 cm³/mol. The van der Waals surface area contributed by atoms with Crippen LogP contribution in [0, 0.1) is 10.1 Å². The van der Waals surface area contributed by atoms with E-state index in [0.717, 1.165) is 0 Å². The van der Waals surface area contributed by atoms with Crippen molar-refractivity contribution in [3.05, 3.63) is 32.8 Å². The molecule has 0 aliphatic rings. The third-order valence-corrected chi connectivity index (χ3v) is 3.75.